The number of aliphatic hydroxyl groups is 2. The fraction of sp³-hybridized carbons (Fsp3) is 0.905. The van der Waals surface area contributed by atoms with Crippen molar-refractivity contribution in [3.05, 3.63) is 0 Å². The predicted molar refractivity (Wildman–Crippen MR) is 103 cm³/mol. The first-order valence-electron chi connectivity index (χ1n) is 10.8. The van der Waals surface area contributed by atoms with E-state index in [1.54, 1.807) is 0 Å². The lowest BCUT2D eigenvalue weighted by Crippen LogP contribution is -2.58. The van der Waals surface area contributed by atoms with Crippen LogP contribution in [0.3, 0.4) is 0 Å². The fourth-order valence-corrected chi connectivity index (χ4v) is 4.81. The molecule has 0 aromatic heterocycles. The molecule has 3 saturated carbocycles. The van der Waals surface area contributed by atoms with Gasteiger partial charge in [0.1, 0.15) is 5.41 Å². The molecule has 154 valence electrons. The summed E-state index contributed by atoms with van der Waals surface area (Å²) in [5.74, 6) is -0.566. The number of carbonyl (C=O) groups is 2. The minimum atomic E-state index is -1.03. The van der Waals surface area contributed by atoms with E-state index < -0.39 is 16.6 Å². The Hall–Kier alpha value is -1.14. The molecule has 3 aliphatic carbocycles. The Morgan fingerprint density at radius 3 is 1.30 bits per heavy atom. The molecule has 0 saturated heterocycles. The van der Waals surface area contributed by atoms with E-state index in [1.807, 2.05) is 13.8 Å². The quantitative estimate of drug-likeness (QED) is 0.531. The summed E-state index contributed by atoms with van der Waals surface area (Å²) in [6.07, 6.45) is 9.95. The standard InChI is InChI=1S/C21H36N2O4/c1-15(20(26)9-5-3-6-10-20)22-17(24)19(13-14-19)18(25)23-16(2)21(27)11-7-4-8-12-21/h15-16,26-27H,3-14H2,1-2H3,(H,22,24)(H,23,25)/t15-,16-/m1/s1. The zero-order valence-electron chi connectivity index (χ0n) is 16.9. The summed E-state index contributed by atoms with van der Waals surface area (Å²) in [5.41, 5.74) is -2.77. The Balaban J connectivity index is 1.58. The smallest absolute Gasteiger partial charge is 0.236 e. The van der Waals surface area contributed by atoms with Gasteiger partial charge < -0.3 is 20.8 Å². The van der Waals surface area contributed by atoms with Crippen molar-refractivity contribution in [1.29, 1.82) is 0 Å². The van der Waals surface area contributed by atoms with Crippen LogP contribution < -0.4 is 10.6 Å². The molecule has 0 aromatic carbocycles. The molecule has 0 unspecified atom stereocenters. The summed E-state index contributed by atoms with van der Waals surface area (Å²) >= 11 is 0. The highest BCUT2D eigenvalue weighted by Gasteiger charge is 2.58. The SMILES string of the molecule is C[C@@H](NC(=O)C1(C(=O)N[C@H](C)C2(O)CCCCC2)CC1)C1(O)CCCCC1. The average molecular weight is 381 g/mol. The van der Waals surface area contributed by atoms with Crippen LogP contribution in [0.15, 0.2) is 0 Å². The Morgan fingerprint density at radius 2 is 1.00 bits per heavy atom. The topological polar surface area (TPSA) is 98.7 Å². The van der Waals surface area contributed by atoms with E-state index in [0.717, 1.165) is 38.5 Å². The summed E-state index contributed by atoms with van der Waals surface area (Å²) < 4.78 is 0. The second-order valence-electron chi connectivity index (χ2n) is 9.30. The van der Waals surface area contributed by atoms with Crippen molar-refractivity contribution < 1.29 is 19.8 Å². The summed E-state index contributed by atoms with van der Waals surface area (Å²) in [7, 11) is 0. The maximum Gasteiger partial charge on any atom is 0.236 e. The van der Waals surface area contributed by atoms with Gasteiger partial charge in [-0.2, -0.15) is 0 Å². The highest BCUT2D eigenvalue weighted by Crippen LogP contribution is 2.47. The molecular formula is C21H36N2O4. The van der Waals surface area contributed by atoms with Crippen molar-refractivity contribution >= 4 is 11.8 Å². The summed E-state index contributed by atoms with van der Waals surface area (Å²) in [5, 5.41) is 27.5. The molecule has 0 aliphatic heterocycles. The molecule has 3 fully saturated rings. The zero-order valence-corrected chi connectivity index (χ0v) is 16.9. The Morgan fingerprint density at radius 1 is 0.667 bits per heavy atom. The van der Waals surface area contributed by atoms with Crippen molar-refractivity contribution in [3.8, 4) is 0 Å². The second-order valence-corrected chi connectivity index (χ2v) is 9.30. The molecule has 0 bridgehead atoms. The monoisotopic (exact) mass is 380 g/mol. The Kier molecular flexibility index (Phi) is 5.88. The number of amides is 2. The first kappa shape index (κ1) is 20.6. The van der Waals surface area contributed by atoms with Crippen LogP contribution in [0.5, 0.6) is 0 Å². The van der Waals surface area contributed by atoms with Crippen LogP contribution in [0.2, 0.25) is 0 Å². The highest BCUT2D eigenvalue weighted by atomic mass is 16.3. The molecule has 0 aromatic rings. The zero-order chi connectivity index (χ0) is 19.7. The van der Waals surface area contributed by atoms with Crippen molar-refractivity contribution in [2.75, 3.05) is 0 Å². The van der Waals surface area contributed by atoms with Crippen molar-refractivity contribution in [2.24, 2.45) is 5.41 Å². The summed E-state index contributed by atoms with van der Waals surface area (Å²) in [4.78, 5) is 25.7. The highest BCUT2D eigenvalue weighted by molar-refractivity contribution is 6.08. The predicted octanol–water partition coefficient (Wildman–Crippen LogP) is 2.17. The minimum absolute atomic E-state index is 0.283. The third-order valence-corrected chi connectivity index (χ3v) is 7.37. The van der Waals surface area contributed by atoms with Gasteiger partial charge >= 0.3 is 0 Å². The average Bonchev–Trinajstić information content (AvgIpc) is 3.45. The summed E-state index contributed by atoms with van der Waals surface area (Å²) in [6.45, 7) is 3.68. The van der Waals surface area contributed by atoms with Gasteiger partial charge in [0, 0.05) is 0 Å². The number of hydrogen-bond acceptors (Lipinski definition) is 4. The second kappa shape index (κ2) is 7.70. The fourth-order valence-electron chi connectivity index (χ4n) is 4.81. The largest absolute Gasteiger partial charge is 0.388 e. The summed E-state index contributed by atoms with van der Waals surface area (Å²) in [6, 6.07) is -0.731. The van der Waals surface area contributed by atoms with Crippen LogP contribution in [0.25, 0.3) is 0 Å². The van der Waals surface area contributed by atoms with Gasteiger partial charge in [-0.3, -0.25) is 9.59 Å². The first-order chi connectivity index (χ1) is 12.7. The van der Waals surface area contributed by atoms with Crippen LogP contribution in [0, 0.1) is 5.41 Å². The van der Waals surface area contributed by atoms with Gasteiger partial charge in [-0.1, -0.05) is 38.5 Å². The lowest BCUT2D eigenvalue weighted by Gasteiger charge is -2.39. The van der Waals surface area contributed by atoms with Gasteiger partial charge in [-0.15, -0.1) is 0 Å². The third kappa shape index (κ3) is 4.16. The molecule has 6 heteroatoms. The molecule has 0 heterocycles. The van der Waals surface area contributed by atoms with Gasteiger partial charge in [0.05, 0.1) is 23.3 Å². The third-order valence-electron chi connectivity index (χ3n) is 7.37. The molecule has 2 atom stereocenters. The lowest BCUT2D eigenvalue weighted by atomic mass is 9.79. The molecule has 27 heavy (non-hydrogen) atoms. The van der Waals surface area contributed by atoms with Crippen LogP contribution >= 0.6 is 0 Å². The number of carbonyl (C=O) groups excluding carboxylic acids is 2. The molecule has 6 nitrogen and oxygen atoms in total. The Labute approximate surface area is 162 Å². The van der Waals surface area contributed by atoms with Crippen LogP contribution in [-0.4, -0.2) is 45.3 Å². The molecule has 3 rings (SSSR count). The molecule has 0 radical (unpaired) electrons. The minimum Gasteiger partial charge on any atom is -0.388 e. The first-order valence-corrected chi connectivity index (χ1v) is 10.8. The van der Waals surface area contributed by atoms with Crippen molar-refractivity contribution in [1.82, 2.24) is 10.6 Å². The Bertz CT molecular complexity index is 515. The van der Waals surface area contributed by atoms with E-state index in [0.29, 0.717) is 38.5 Å². The van der Waals surface area contributed by atoms with Crippen molar-refractivity contribution in [3.63, 3.8) is 0 Å². The van der Waals surface area contributed by atoms with Gasteiger partial charge in [0.25, 0.3) is 0 Å². The van der Waals surface area contributed by atoms with Gasteiger partial charge in [0.15, 0.2) is 0 Å². The number of nitrogens with one attached hydrogen (secondary N) is 2. The lowest BCUT2D eigenvalue weighted by molar-refractivity contribution is -0.141. The maximum atomic E-state index is 12.9. The van der Waals surface area contributed by atoms with E-state index in [-0.39, 0.29) is 23.9 Å². The van der Waals surface area contributed by atoms with E-state index in [2.05, 4.69) is 10.6 Å². The van der Waals surface area contributed by atoms with Gasteiger partial charge in [-0.25, -0.2) is 0 Å². The van der Waals surface area contributed by atoms with E-state index >= 15 is 0 Å². The van der Waals surface area contributed by atoms with Gasteiger partial charge in [-0.05, 0) is 52.4 Å². The van der Waals surface area contributed by atoms with E-state index in [1.165, 1.54) is 0 Å². The molecular weight excluding hydrogens is 344 g/mol. The van der Waals surface area contributed by atoms with E-state index in [4.69, 9.17) is 0 Å². The van der Waals surface area contributed by atoms with Crippen LogP contribution in [-0.2, 0) is 9.59 Å². The molecule has 4 N–H and O–H groups in total. The molecule has 2 amide bonds. The van der Waals surface area contributed by atoms with Crippen molar-refractivity contribution in [2.45, 2.75) is 114 Å². The molecule has 0 spiro atoms. The molecule has 3 aliphatic rings. The number of rotatable bonds is 6. The van der Waals surface area contributed by atoms with Gasteiger partial charge in [0.2, 0.25) is 11.8 Å². The van der Waals surface area contributed by atoms with Crippen LogP contribution in [0.1, 0.15) is 90.9 Å². The van der Waals surface area contributed by atoms with Crippen LogP contribution in [0.4, 0.5) is 0 Å². The number of hydrogen-bond donors (Lipinski definition) is 4. The normalized spacial score (nSPS) is 27.9. The van der Waals surface area contributed by atoms with E-state index in [9.17, 15) is 19.8 Å². The maximum absolute atomic E-state index is 12.9.